The van der Waals surface area contributed by atoms with Gasteiger partial charge in [0.25, 0.3) is 0 Å². The lowest BCUT2D eigenvalue weighted by molar-refractivity contribution is -0.147. The van der Waals surface area contributed by atoms with Crippen LogP contribution in [0.2, 0.25) is 0 Å². The summed E-state index contributed by atoms with van der Waals surface area (Å²) in [5.41, 5.74) is 0. The minimum absolute atomic E-state index is 0.216. The smallest absolute Gasteiger partial charge is 0.328 e. The number of amides is 1. The first-order valence-corrected chi connectivity index (χ1v) is 5.15. The Bertz CT molecular complexity index is 261. The number of methoxy groups -OCH3 is 1. The zero-order valence-electron chi connectivity index (χ0n) is 9.04. The average Bonchev–Trinajstić information content (AvgIpc) is 2.25. The molecule has 1 aliphatic rings. The van der Waals surface area contributed by atoms with Crippen molar-refractivity contribution in [1.82, 2.24) is 5.32 Å². The standard InChI is InChI=1S/C10H15F2NO3/c1-16-9(15)8(13-6-14)7-2-4-10(11,12)5-3-7/h6-8H,2-5H2,1H3,(H,13,14). The van der Waals surface area contributed by atoms with E-state index in [4.69, 9.17) is 0 Å². The second kappa shape index (κ2) is 5.23. The van der Waals surface area contributed by atoms with Crippen molar-refractivity contribution in [1.29, 1.82) is 0 Å². The third-order valence-corrected chi connectivity index (χ3v) is 2.94. The highest BCUT2D eigenvalue weighted by Crippen LogP contribution is 2.37. The molecular weight excluding hydrogens is 220 g/mol. The molecule has 0 saturated heterocycles. The first-order chi connectivity index (χ1) is 7.50. The highest BCUT2D eigenvalue weighted by molar-refractivity contribution is 5.78. The van der Waals surface area contributed by atoms with Crippen molar-refractivity contribution in [2.75, 3.05) is 7.11 Å². The minimum Gasteiger partial charge on any atom is -0.467 e. The highest BCUT2D eigenvalue weighted by Gasteiger charge is 2.39. The van der Waals surface area contributed by atoms with E-state index in [-0.39, 0.29) is 31.6 Å². The molecule has 1 atom stereocenters. The van der Waals surface area contributed by atoms with Crippen molar-refractivity contribution in [2.24, 2.45) is 5.92 Å². The highest BCUT2D eigenvalue weighted by atomic mass is 19.3. The van der Waals surface area contributed by atoms with E-state index in [1.807, 2.05) is 0 Å². The summed E-state index contributed by atoms with van der Waals surface area (Å²) in [6, 6.07) is -0.807. The van der Waals surface area contributed by atoms with Crippen molar-refractivity contribution in [3.63, 3.8) is 0 Å². The lowest BCUT2D eigenvalue weighted by atomic mass is 9.82. The molecule has 0 aromatic heterocycles. The number of rotatable bonds is 4. The first-order valence-electron chi connectivity index (χ1n) is 5.15. The summed E-state index contributed by atoms with van der Waals surface area (Å²) in [7, 11) is 1.21. The number of ether oxygens (including phenoxy) is 1. The summed E-state index contributed by atoms with van der Waals surface area (Å²) in [5, 5.41) is 2.33. The number of halogens is 2. The summed E-state index contributed by atoms with van der Waals surface area (Å²) in [4.78, 5) is 21.7. The molecule has 1 fully saturated rings. The topological polar surface area (TPSA) is 55.4 Å². The van der Waals surface area contributed by atoms with E-state index < -0.39 is 17.9 Å². The van der Waals surface area contributed by atoms with Gasteiger partial charge in [-0.05, 0) is 18.8 Å². The number of carbonyl (C=O) groups excluding carboxylic acids is 2. The van der Waals surface area contributed by atoms with Gasteiger partial charge in [0.1, 0.15) is 6.04 Å². The predicted octanol–water partition coefficient (Wildman–Crippen LogP) is 1.10. The van der Waals surface area contributed by atoms with E-state index in [0.717, 1.165) is 0 Å². The molecule has 1 unspecified atom stereocenters. The molecule has 4 nitrogen and oxygen atoms in total. The molecule has 1 saturated carbocycles. The molecule has 0 spiro atoms. The van der Waals surface area contributed by atoms with Gasteiger partial charge in [-0.1, -0.05) is 0 Å². The van der Waals surface area contributed by atoms with Crippen LogP contribution < -0.4 is 5.32 Å². The zero-order chi connectivity index (χ0) is 12.2. The van der Waals surface area contributed by atoms with Gasteiger partial charge in [-0.15, -0.1) is 0 Å². The van der Waals surface area contributed by atoms with Crippen molar-refractivity contribution in [3.8, 4) is 0 Å². The maximum absolute atomic E-state index is 12.9. The molecule has 1 aliphatic carbocycles. The van der Waals surface area contributed by atoms with Gasteiger partial charge in [-0.2, -0.15) is 0 Å². The van der Waals surface area contributed by atoms with Crippen LogP contribution in [0, 0.1) is 5.92 Å². The molecule has 92 valence electrons. The van der Waals surface area contributed by atoms with E-state index in [9.17, 15) is 18.4 Å². The Hall–Kier alpha value is -1.20. The van der Waals surface area contributed by atoms with E-state index in [1.54, 1.807) is 0 Å². The lowest BCUT2D eigenvalue weighted by Crippen LogP contribution is -2.45. The lowest BCUT2D eigenvalue weighted by Gasteiger charge is -2.31. The predicted molar refractivity (Wildman–Crippen MR) is 51.9 cm³/mol. The number of nitrogens with one attached hydrogen (secondary N) is 1. The average molecular weight is 235 g/mol. The molecule has 1 N–H and O–H groups in total. The monoisotopic (exact) mass is 235 g/mol. The van der Waals surface area contributed by atoms with Gasteiger partial charge in [0.05, 0.1) is 7.11 Å². The summed E-state index contributed by atoms with van der Waals surface area (Å²) < 4.78 is 30.3. The molecule has 16 heavy (non-hydrogen) atoms. The van der Waals surface area contributed by atoms with Crippen LogP contribution in [0.1, 0.15) is 25.7 Å². The molecular formula is C10H15F2NO3. The van der Waals surface area contributed by atoms with E-state index in [2.05, 4.69) is 10.1 Å². The quantitative estimate of drug-likeness (QED) is 0.586. The Balaban J connectivity index is 2.60. The van der Waals surface area contributed by atoms with Gasteiger partial charge in [0, 0.05) is 12.8 Å². The van der Waals surface area contributed by atoms with E-state index >= 15 is 0 Å². The van der Waals surface area contributed by atoms with Crippen LogP contribution in [0.15, 0.2) is 0 Å². The van der Waals surface area contributed by atoms with Crippen molar-refractivity contribution >= 4 is 12.4 Å². The summed E-state index contributed by atoms with van der Waals surface area (Å²) in [6.45, 7) is 0. The third-order valence-electron chi connectivity index (χ3n) is 2.94. The number of esters is 1. The van der Waals surface area contributed by atoms with Crippen molar-refractivity contribution in [3.05, 3.63) is 0 Å². The molecule has 6 heteroatoms. The number of alkyl halides is 2. The van der Waals surface area contributed by atoms with Crippen LogP contribution >= 0.6 is 0 Å². The fraction of sp³-hybridized carbons (Fsp3) is 0.800. The van der Waals surface area contributed by atoms with Gasteiger partial charge in [0.15, 0.2) is 0 Å². The number of hydrogen-bond acceptors (Lipinski definition) is 3. The fourth-order valence-electron chi connectivity index (χ4n) is 1.99. The van der Waals surface area contributed by atoms with Gasteiger partial charge in [-0.3, -0.25) is 4.79 Å². The second-order valence-corrected chi connectivity index (χ2v) is 3.98. The summed E-state index contributed by atoms with van der Waals surface area (Å²) in [5.74, 6) is -3.49. The third kappa shape index (κ3) is 3.15. The van der Waals surface area contributed by atoms with Crippen LogP contribution in [0.3, 0.4) is 0 Å². The van der Waals surface area contributed by atoms with Gasteiger partial charge in [0.2, 0.25) is 12.3 Å². The molecule has 0 heterocycles. The first kappa shape index (κ1) is 12.9. The Morgan fingerprint density at radius 2 is 2.06 bits per heavy atom. The molecule has 0 aliphatic heterocycles. The number of hydrogen-bond donors (Lipinski definition) is 1. The largest absolute Gasteiger partial charge is 0.467 e. The van der Waals surface area contributed by atoms with Crippen LogP contribution in [0.25, 0.3) is 0 Å². The van der Waals surface area contributed by atoms with Crippen LogP contribution in [0.4, 0.5) is 8.78 Å². The maximum Gasteiger partial charge on any atom is 0.328 e. The molecule has 0 aromatic rings. The minimum atomic E-state index is -2.64. The molecule has 0 radical (unpaired) electrons. The molecule has 1 amide bonds. The van der Waals surface area contributed by atoms with Crippen molar-refractivity contribution in [2.45, 2.75) is 37.6 Å². The normalized spacial score (nSPS) is 22.2. The molecule has 0 aromatic carbocycles. The Labute approximate surface area is 92.3 Å². The Morgan fingerprint density at radius 1 is 1.50 bits per heavy atom. The molecule has 1 rings (SSSR count). The SMILES string of the molecule is COC(=O)C(NC=O)C1CCC(F)(F)CC1. The summed E-state index contributed by atoms with van der Waals surface area (Å²) >= 11 is 0. The number of carbonyl (C=O) groups is 2. The van der Waals surface area contributed by atoms with Crippen molar-refractivity contribution < 1.29 is 23.1 Å². The second-order valence-electron chi connectivity index (χ2n) is 3.98. The zero-order valence-corrected chi connectivity index (χ0v) is 9.04. The maximum atomic E-state index is 12.9. The Kier molecular flexibility index (Phi) is 4.20. The van der Waals surface area contributed by atoms with Gasteiger partial charge < -0.3 is 10.1 Å². The van der Waals surface area contributed by atoms with E-state index in [0.29, 0.717) is 6.41 Å². The van der Waals surface area contributed by atoms with Gasteiger partial charge >= 0.3 is 5.97 Å². The van der Waals surface area contributed by atoms with Crippen LogP contribution in [0.5, 0.6) is 0 Å². The summed E-state index contributed by atoms with van der Waals surface area (Å²) in [6.07, 6.45) is 0.340. The molecule has 0 bridgehead atoms. The van der Waals surface area contributed by atoms with Gasteiger partial charge in [-0.25, -0.2) is 13.6 Å². The Morgan fingerprint density at radius 3 is 2.50 bits per heavy atom. The fourth-order valence-corrected chi connectivity index (χ4v) is 1.99. The van der Waals surface area contributed by atoms with Crippen LogP contribution in [-0.2, 0) is 14.3 Å². The van der Waals surface area contributed by atoms with E-state index in [1.165, 1.54) is 7.11 Å². The van der Waals surface area contributed by atoms with Crippen LogP contribution in [-0.4, -0.2) is 31.5 Å².